The molecular weight excluding hydrogens is 334 g/mol. The van der Waals surface area contributed by atoms with Crippen molar-refractivity contribution in [3.8, 4) is 0 Å². The zero-order valence-corrected chi connectivity index (χ0v) is 14.9. The van der Waals surface area contributed by atoms with Crippen LogP contribution in [0.4, 0.5) is 0 Å². The summed E-state index contributed by atoms with van der Waals surface area (Å²) in [6.45, 7) is 5.74. The van der Waals surface area contributed by atoms with E-state index in [-0.39, 0.29) is 29.3 Å². The second-order valence-corrected chi connectivity index (χ2v) is 6.59. The van der Waals surface area contributed by atoms with Gasteiger partial charge < -0.3 is 15.4 Å². The molecule has 0 fully saturated rings. The average Bonchev–Trinajstić information content (AvgIpc) is 3.07. The zero-order valence-electron chi connectivity index (χ0n) is 14.9. The van der Waals surface area contributed by atoms with E-state index < -0.39 is 5.91 Å². The van der Waals surface area contributed by atoms with Crippen LogP contribution >= 0.6 is 0 Å². The largest absolute Gasteiger partial charge is 0.375 e. The lowest BCUT2D eigenvalue weighted by atomic mass is 10.0. The summed E-state index contributed by atoms with van der Waals surface area (Å²) in [5.74, 6) is -0.464. The highest BCUT2D eigenvalue weighted by Gasteiger charge is 2.32. The van der Waals surface area contributed by atoms with Gasteiger partial charge in [0.25, 0.3) is 11.8 Å². The number of nitrogens with zero attached hydrogens (tertiary/aromatic N) is 3. The minimum absolute atomic E-state index is 0.0148. The van der Waals surface area contributed by atoms with E-state index in [1.54, 1.807) is 0 Å². The Bertz CT molecular complexity index is 772. The highest BCUT2D eigenvalue weighted by Crippen LogP contribution is 2.15. The van der Waals surface area contributed by atoms with Gasteiger partial charge in [0.2, 0.25) is 0 Å². The fraction of sp³-hybridized carbons (Fsp3) is 0.444. The molecule has 1 aromatic heterocycles. The highest BCUT2D eigenvalue weighted by atomic mass is 16.5. The number of fused-ring (bicyclic) bond motifs is 1. The van der Waals surface area contributed by atoms with E-state index in [0.29, 0.717) is 26.3 Å². The van der Waals surface area contributed by atoms with Crippen molar-refractivity contribution in [1.82, 2.24) is 25.6 Å². The first kappa shape index (κ1) is 18.1. The van der Waals surface area contributed by atoms with Crippen LogP contribution in [-0.2, 0) is 17.9 Å². The predicted molar refractivity (Wildman–Crippen MR) is 94.5 cm³/mol. The lowest BCUT2D eigenvalue weighted by molar-refractivity contribution is 0.0851. The van der Waals surface area contributed by atoms with Crippen molar-refractivity contribution in [2.75, 3.05) is 13.2 Å². The predicted octanol–water partition coefficient (Wildman–Crippen LogP) is 0.993. The molecule has 1 aliphatic rings. The molecule has 1 atom stereocenters. The fourth-order valence-electron chi connectivity index (χ4n) is 2.75. The summed E-state index contributed by atoms with van der Waals surface area (Å²) >= 11 is 0. The van der Waals surface area contributed by atoms with Gasteiger partial charge in [0.15, 0.2) is 11.4 Å². The molecule has 0 saturated heterocycles. The number of benzene rings is 1. The minimum atomic E-state index is -0.423. The monoisotopic (exact) mass is 357 g/mol. The van der Waals surface area contributed by atoms with E-state index in [0.717, 1.165) is 5.56 Å². The third kappa shape index (κ3) is 4.08. The van der Waals surface area contributed by atoms with Crippen molar-refractivity contribution in [3.05, 3.63) is 47.3 Å². The Hall–Kier alpha value is -2.74. The molecule has 0 aliphatic carbocycles. The molecule has 1 aliphatic heterocycles. The Morgan fingerprint density at radius 1 is 1.38 bits per heavy atom. The van der Waals surface area contributed by atoms with Crippen LogP contribution in [0.1, 0.15) is 40.4 Å². The summed E-state index contributed by atoms with van der Waals surface area (Å²) in [7, 11) is 0. The highest BCUT2D eigenvalue weighted by molar-refractivity contribution is 6.05. The average molecular weight is 357 g/mol. The maximum absolute atomic E-state index is 12.3. The Balaban J connectivity index is 1.51. The summed E-state index contributed by atoms with van der Waals surface area (Å²) in [6, 6.07) is 9.78. The van der Waals surface area contributed by atoms with Crippen molar-refractivity contribution >= 4 is 11.8 Å². The smallest absolute Gasteiger partial charge is 0.274 e. The van der Waals surface area contributed by atoms with Crippen LogP contribution in [0.5, 0.6) is 0 Å². The van der Waals surface area contributed by atoms with Gasteiger partial charge in [-0.2, -0.15) is 0 Å². The second kappa shape index (κ2) is 8.09. The van der Waals surface area contributed by atoms with E-state index in [1.165, 1.54) is 4.68 Å². The molecule has 1 aromatic carbocycles. The van der Waals surface area contributed by atoms with Gasteiger partial charge in [0, 0.05) is 6.54 Å². The van der Waals surface area contributed by atoms with Crippen LogP contribution in [0, 0.1) is 5.92 Å². The first-order chi connectivity index (χ1) is 12.6. The Labute approximate surface area is 151 Å². The molecule has 8 heteroatoms. The summed E-state index contributed by atoms with van der Waals surface area (Å²) in [5, 5.41) is 13.5. The van der Waals surface area contributed by atoms with Crippen molar-refractivity contribution in [2.24, 2.45) is 5.92 Å². The van der Waals surface area contributed by atoms with Gasteiger partial charge in [-0.25, -0.2) is 4.68 Å². The summed E-state index contributed by atoms with van der Waals surface area (Å²) in [6.07, 6.45) is 0. The third-order valence-corrected chi connectivity index (χ3v) is 4.30. The van der Waals surface area contributed by atoms with Crippen LogP contribution in [-0.4, -0.2) is 46.0 Å². The molecule has 3 rings (SSSR count). The van der Waals surface area contributed by atoms with Crippen LogP contribution in [0.2, 0.25) is 0 Å². The van der Waals surface area contributed by atoms with Crippen LogP contribution < -0.4 is 10.6 Å². The number of ether oxygens (including phenoxy) is 1. The van der Waals surface area contributed by atoms with Crippen molar-refractivity contribution in [1.29, 1.82) is 0 Å². The molecule has 2 heterocycles. The van der Waals surface area contributed by atoms with Gasteiger partial charge in [-0.15, -0.1) is 5.10 Å². The quantitative estimate of drug-likeness (QED) is 0.720. The Morgan fingerprint density at radius 2 is 2.15 bits per heavy atom. The molecule has 0 saturated carbocycles. The Kier molecular flexibility index (Phi) is 5.62. The molecular formula is C18H23N5O3. The van der Waals surface area contributed by atoms with Gasteiger partial charge in [0.1, 0.15) is 0 Å². The maximum Gasteiger partial charge on any atom is 0.274 e. The zero-order chi connectivity index (χ0) is 18.5. The summed E-state index contributed by atoms with van der Waals surface area (Å²) < 4.78 is 7.03. The number of amides is 2. The third-order valence-electron chi connectivity index (χ3n) is 4.30. The SMILES string of the molecule is CC(C)C1Cn2nnc(C(=O)NCCOCc3ccccc3)c2C(=O)N1. The van der Waals surface area contributed by atoms with Gasteiger partial charge >= 0.3 is 0 Å². The number of rotatable bonds is 7. The molecule has 8 nitrogen and oxygen atoms in total. The molecule has 26 heavy (non-hydrogen) atoms. The van der Waals surface area contributed by atoms with E-state index in [9.17, 15) is 9.59 Å². The lowest BCUT2D eigenvalue weighted by Crippen LogP contribution is -2.48. The fourth-order valence-corrected chi connectivity index (χ4v) is 2.75. The molecule has 138 valence electrons. The molecule has 2 aromatic rings. The molecule has 0 spiro atoms. The molecule has 0 radical (unpaired) electrons. The molecule has 0 bridgehead atoms. The normalized spacial score (nSPS) is 16.3. The number of carbonyl (C=O) groups is 2. The number of hydrogen-bond donors (Lipinski definition) is 2. The second-order valence-electron chi connectivity index (χ2n) is 6.59. The summed E-state index contributed by atoms with van der Waals surface area (Å²) in [4.78, 5) is 24.6. The first-order valence-corrected chi connectivity index (χ1v) is 8.70. The van der Waals surface area contributed by atoms with Crippen LogP contribution in [0.25, 0.3) is 0 Å². The standard InChI is InChI=1S/C18H23N5O3/c1-12(2)14-10-23-16(18(25)20-14)15(21-22-23)17(24)19-8-9-26-11-13-6-4-3-5-7-13/h3-7,12,14H,8-11H2,1-2H3,(H,19,24)(H,20,25). The van der Waals surface area contributed by atoms with Gasteiger partial charge in [-0.1, -0.05) is 49.4 Å². The topological polar surface area (TPSA) is 98.1 Å². The van der Waals surface area contributed by atoms with E-state index >= 15 is 0 Å². The summed E-state index contributed by atoms with van der Waals surface area (Å²) in [5.41, 5.74) is 1.33. The molecule has 2 amide bonds. The first-order valence-electron chi connectivity index (χ1n) is 8.70. The van der Waals surface area contributed by atoms with E-state index in [4.69, 9.17) is 4.74 Å². The minimum Gasteiger partial charge on any atom is -0.375 e. The van der Waals surface area contributed by atoms with Crippen LogP contribution in [0.15, 0.2) is 30.3 Å². The van der Waals surface area contributed by atoms with Crippen molar-refractivity contribution in [2.45, 2.75) is 33.0 Å². The number of nitrogens with one attached hydrogen (secondary N) is 2. The van der Waals surface area contributed by atoms with Crippen molar-refractivity contribution in [3.63, 3.8) is 0 Å². The number of aromatic nitrogens is 3. The van der Waals surface area contributed by atoms with Gasteiger partial charge in [-0.05, 0) is 11.5 Å². The molecule has 1 unspecified atom stereocenters. The van der Waals surface area contributed by atoms with Crippen LogP contribution in [0.3, 0.4) is 0 Å². The molecule has 2 N–H and O–H groups in total. The Morgan fingerprint density at radius 3 is 2.88 bits per heavy atom. The lowest BCUT2D eigenvalue weighted by Gasteiger charge is -2.27. The maximum atomic E-state index is 12.3. The number of hydrogen-bond acceptors (Lipinski definition) is 5. The number of carbonyl (C=O) groups excluding carboxylic acids is 2. The van der Waals surface area contributed by atoms with Gasteiger partial charge in [0.05, 0.1) is 25.8 Å². The van der Waals surface area contributed by atoms with Gasteiger partial charge in [-0.3, -0.25) is 9.59 Å². The van der Waals surface area contributed by atoms with E-state index in [1.807, 2.05) is 44.2 Å². The van der Waals surface area contributed by atoms with Crippen molar-refractivity contribution < 1.29 is 14.3 Å². The van der Waals surface area contributed by atoms with E-state index in [2.05, 4.69) is 20.9 Å².